The van der Waals surface area contributed by atoms with Crippen LogP contribution in [0.1, 0.15) is 40.0 Å². The van der Waals surface area contributed by atoms with Crippen LogP contribution in [0.2, 0.25) is 0 Å². The van der Waals surface area contributed by atoms with Crippen LogP contribution < -0.4 is 10.9 Å². The molecule has 2 aromatic rings. The van der Waals surface area contributed by atoms with Crippen LogP contribution in [0.5, 0.6) is 0 Å². The Morgan fingerprint density at radius 2 is 2.04 bits per heavy atom. The summed E-state index contributed by atoms with van der Waals surface area (Å²) in [6.45, 7) is 6.22. The molecule has 0 bridgehead atoms. The molecule has 0 unspecified atom stereocenters. The molecule has 1 atom stereocenters. The average molecular weight is 333 g/mol. The van der Waals surface area contributed by atoms with Crippen molar-refractivity contribution >= 4 is 16.8 Å². The Balaban J connectivity index is 1.99. The van der Waals surface area contributed by atoms with Crippen molar-refractivity contribution in [2.45, 2.75) is 52.6 Å². The van der Waals surface area contributed by atoms with Crippen molar-refractivity contribution in [2.75, 3.05) is 0 Å². The van der Waals surface area contributed by atoms with Crippen molar-refractivity contribution in [1.82, 2.24) is 14.9 Å². The molecule has 6 heteroatoms. The lowest BCUT2D eigenvalue weighted by molar-refractivity contribution is -0.122. The van der Waals surface area contributed by atoms with Gasteiger partial charge in [-0.25, -0.2) is 9.37 Å². The third-order valence-corrected chi connectivity index (χ3v) is 3.93. The zero-order valence-corrected chi connectivity index (χ0v) is 14.4. The molecule has 0 saturated heterocycles. The zero-order chi connectivity index (χ0) is 17.7. The molecule has 24 heavy (non-hydrogen) atoms. The number of aromatic nitrogens is 2. The Hall–Kier alpha value is -2.24. The SMILES string of the molecule is CC(C)CCC[C@H](C)NC(=O)Cn1cnc2cc(F)ccc2c1=O. The number of hydrogen-bond acceptors (Lipinski definition) is 3. The standard InChI is InChI=1S/C18H24FN3O2/c1-12(2)5-4-6-13(3)21-17(23)10-22-11-20-16-9-14(19)7-8-15(16)18(22)24/h7-9,11-13H,4-6,10H2,1-3H3,(H,21,23)/t13-/m0/s1. The fourth-order valence-corrected chi connectivity index (χ4v) is 2.62. The van der Waals surface area contributed by atoms with Gasteiger partial charge in [-0.1, -0.05) is 26.7 Å². The van der Waals surface area contributed by atoms with Gasteiger partial charge in [0.1, 0.15) is 12.4 Å². The highest BCUT2D eigenvalue weighted by Gasteiger charge is 2.11. The van der Waals surface area contributed by atoms with Gasteiger partial charge in [0.05, 0.1) is 17.2 Å². The van der Waals surface area contributed by atoms with Gasteiger partial charge in [0.25, 0.3) is 5.56 Å². The van der Waals surface area contributed by atoms with Crippen molar-refractivity contribution in [1.29, 1.82) is 0 Å². The molecule has 1 amide bonds. The number of nitrogens with zero attached hydrogens (tertiary/aromatic N) is 2. The summed E-state index contributed by atoms with van der Waals surface area (Å²) < 4.78 is 14.4. The number of rotatable bonds is 7. The lowest BCUT2D eigenvalue weighted by atomic mass is 10.0. The predicted molar refractivity (Wildman–Crippen MR) is 92.3 cm³/mol. The van der Waals surface area contributed by atoms with E-state index in [2.05, 4.69) is 24.1 Å². The fraction of sp³-hybridized carbons (Fsp3) is 0.500. The van der Waals surface area contributed by atoms with Gasteiger partial charge in [0.15, 0.2) is 0 Å². The number of benzene rings is 1. The lowest BCUT2D eigenvalue weighted by Gasteiger charge is -2.15. The first-order valence-corrected chi connectivity index (χ1v) is 8.31. The number of nitrogens with one attached hydrogen (secondary N) is 1. The van der Waals surface area contributed by atoms with E-state index in [0.29, 0.717) is 16.8 Å². The molecule has 0 spiro atoms. The van der Waals surface area contributed by atoms with E-state index < -0.39 is 5.82 Å². The summed E-state index contributed by atoms with van der Waals surface area (Å²) in [5, 5.41) is 3.20. The molecule has 130 valence electrons. The molecular weight excluding hydrogens is 309 g/mol. The summed E-state index contributed by atoms with van der Waals surface area (Å²) in [6.07, 6.45) is 4.38. The van der Waals surface area contributed by atoms with Gasteiger partial charge in [0.2, 0.25) is 5.91 Å². The van der Waals surface area contributed by atoms with E-state index in [-0.39, 0.29) is 24.1 Å². The van der Waals surface area contributed by atoms with Gasteiger partial charge in [-0.2, -0.15) is 0 Å². The van der Waals surface area contributed by atoms with Crippen LogP contribution in [0.25, 0.3) is 10.9 Å². The second-order valence-electron chi connectivity index (χ2n) is 6.63. The van der Waals surface area contributed by atoms with Crippen molar-refractivity contribution in [3.8, 4) is 0 Å². The van der Waals surface area contributed by atoms with Crippen LogP contribution >= 0.6 is 0 Å². The summed E-state index contributed by atoms with van der Waals surface area (Å²) in [5.41, 5.74) is -0.0543. The Bertz CT molecular complexity index is 770. The minimum atomic E-state index is -0.444. The van der Waals surface area contributed by atoms with Crippen LogP contribution in [-0.4, -0.2) is 21.5 Å². The second-order valence-corrected chi connectivity index (χ2v) is 6.63. The topological polar surface area (TPSA) is 64.0 Å². The number of hydrogen-bond donors (Lipinski definition) is 1. The first kappa shape index (κ1) is 18.1. The maximum atomic E-state index is 13.2. The van der Waals surface area contributed by atoms with E-state index in [9.17, 15) is 14.0 Å². The number of halogens is 1. The van der Waals surface area contributed by atoms with Crippen LogP contribution in [0.3, 0.4) is 0 Å². The van der Waals surface area contributed by atoms with Crippen molar-refractivity contribution in [2.24, 2.45) is 5.92 Å². The smallest absolute Gasteiger partial charge is 0.261 e. The molecule has 0 saturated carbocycles. The fourth-order valence-electron chi connectivity index (χ4n) is 2.62. The Morgan fingerprint density at radius 3 is 2.75 bits per heavy atom. The van der Waals surface area contributed by atoms with Gasteiger partial charge >= 0.3 is 0 Å². The maximum Gasteiger partial charge on any atom is 0.261 e. The molecule has 0 fully saturated rings. The van der Waals surface area contributed by atoms with Gasteiger partial charge in [-0.05, 0) is 31.4 Å². The summed E-state index contributed by atoms with van der Waals surface area (Å²) in [4.78, 5) is 28.5. The van der Waals surface area contributed by atoms with E-state index in [4.69, 9.17) is 0 Å². The highest BCUT2D eigenvalue weighted by molar-refractivity contribution is 5.79. The van der Waals surface area contributed by atoms with Crippen molar-refractivity contribution < 1.29 is 9.18 Å². The van der Waals surface area contributed by atoms with E-state index in [1.165, 1.54) is 29.1 Å². The molecule has 5 nitrogen and oxygen atoms in total. The molecule has 2 rings (SSSR count). The van der Waals surface area contributed by atoms with Gasteiger partial charge < -0.3 is 5.32 Å². The maximum absolute atomic E-state index is 13.2. The summed E-state index contributed by atoms with van der Waals surface area (Å²) in [7, 11) is 0. The van der Waals surface area contributed by atoms with E-state index in [0.717, 1.165) is 19.3 Å². The molecule has 0 aliphatic heterocycles. The average Bonchev–Trinajstić information content (AvgIpc) is 2.49. The van der Waals surface area contributed by atoms with Crippen LogP contribution in [0, 0.1) is 11.7 Å². The molecule has 1 aromatic carbocycles. The highest BCUT2D eigenvalue weighted by atomic mass is 19.1. The number of fused-ring (bicyclic) bond motifs is 1. The van der Waals surface area contributed by atoms with Crippen LogP contribution in [0.4, 0.5) is 4.39 Å². The lowest BCUT2D eigenvalue weighted by Crippen LogP contribution is -2.37. The molecule has 1 aromatic heterocycles. The summed E-state index contributed by atoms with van der Waals surface area (Å²) in [5.74, 6) is -0.0162. The van der Waals surface area contributed by atoms with Crippen LogP contribution in [-0.2, 0) is 11.3 Å². The number of amides is 1. The van der Waals surface area contributed by atoms with E-state index in [1.54, 1.807) is 0 Å². The Labute approximate surface area is 140 Å². The Kier molecular flexibility index (Phi) is 6.06. The summed E-state index contributed by atoms with van der Waals surface area (Å²) in [6, 6.07) is 3.88. The minimum absolute atomic E-state index is 0.0643. The highest BCUT2D eigenvalue weighted by Crippen LogP contribution is 2.09. The largest absolute Gasteiger partial charge is 0.352 e. The normalized spacial score (nSPS) is 12.5. The van der Waals surface area contributed by atoms with Gasteiger partial charge in [0, 0.05) is 12.1 Å². The minimum Gasteiger partial charge on any atom is -0.352 e. The molecule has 0 aliphatic carbocycles. The van der Waals surface area contributed by atoms with Gasteiger partial charge in [-0.3, -0.25) is 14.2 Å². The zero-order valence-electron chi connectivity index (χ0n) is 14.4. The molecule has 1 N–H and O–H groups in total. The molecule has 0 radical (unpaired) electrons. The van der Waals surface area contributed by atoms with Crippen molar-refractivity contribution in [3.63, 3.8) is 0 Å². The van der Waals surface area contributed by atoms with Gasteiger partial charge in [-0.15, -0.1) is 0 Å². The molecular formula is C18H24FN3O2. The van der Waals surface area contributed by atoms with Crippen molar-refractivity contribution in [3.05, 3.63) is 40.7 Å². The van der Waals surface area contributed by atoms with Crippen LogP contribution in [0.15, 0.2) is 29.3 Å². The monoisotopic (exact) mass is 333 g/mol. The predicted octanol–water partition coefficient (Wildman–Crippen LogP) is 2.87. The third kappa shape index (κ3) is 4.88. The first-order valence-electron chi connectivity index (χ1n) is 8.31. The molecule has 0 aliphatic rings. The second kappa shape index (κ2) is 8.04. The van der Waals surface area contributed by atoms with E-state index in [1.807, 2.05) is 6.92 Å². The Morgan fingerprint density at radius 1 is 1.29 bits per heavy atom. The quantitative estimate of drug-likeness (QED) is 0.847. The first-order chi connectivity index (χ1) is 11.4. The number of carbonyl (C=O) groups is 1. The number of carbonyl (C=O) groups excluding carboxylic acids is 1. The van der Waals surface area contributed by atoms with E-state index >= 15 is 0 Å². The molecule has 1 heterocycles. The third-order valence-electron chi connectivity index (χ3n) is 3.93. The summed E-state index contributed by atoms with van der Waals surface area (Å²) >= 11 is 0.